The minimum atomic E-state index is 0.0375. The lowest BCUT2D eigenvalue weighted by Crippen LogP contribution is -2.23. The molecule has 4 nitrogen and oxygen atoms in total. The molecule has 0 radical (unpaired) electrons. The first-order valence-corrected chi connectivity index (χ1v) is 8.76. The smallest absolute Gasteiger partial charge is 0.130 e. The van der Waals surface area contributed by atoms with Crippen molar-refractivity contribution in [2.45, 2.75) is 25.4 Å². The molecule has 3 aromatic rings. The fourth-order valence-corrected chi connectivity index (χ4v) is 3.99. The van der Waals surface area contributed by atoms with Gasteiger partial charge in [-0.05, 0) is 48.6 Å². The van der Waals surface area contributed by atoms with E-state index in [2.05, 4.69) is 19.1 Å². The Labute approximate surface area is 152 Å². The van der Waals surface area contributed by atoms with Gasteiger partial charge >= 0.3 is 0 Å². The van der Waals surface area contributed by atoms with Gasteiger partial charge in [0.25, 0.3) is 0 Å². The molecule has 0 aromatic heterocycles. The van der Waals surface area contributed by atoms with Crippen LogP contribution in [0.2, 0.25) is 0 Å². The maximum atomic E-state index is 10.5. The van der Waals surface area contributed by atoms with Crippen LogP contribution in [0.1, 0.15) is 30.4 Å². The molecule has 4 rings (SSSR count). The van der Waals surface area contributed by atoms with Crippen LogP contribution in [0, 0.1) is 0 Å². The van der Waals surface area contributed by atoms with E-state index in [1.54, 1.807) is 20.3 Å². The highest BCUT2D eigenvalue weighted by Crippen LogP contribution is 2.48. The summed E-state index contributed by atoms with van der Waals surface area (Å²) in [5.74, 6) is 2.61. The Morgan fingerprint density at radius 3 is 2.46 bits per heavy atom. The topological polar surface area (TPSA) is 47.9 Å². The number of phenolic OH excluding ortho intramolecular Hbond substituents is 1. The van der Waals surface area contributed by atoms with Gasteiger partial charge in [0.15, 0.2) is 0 Å². The van der Waals surface area contributed by atoms with E-state index in [1.807, 2.05) is 30.3 Å². The minimum Gasteiger partial charge on any atom is -0.508 e. The molecular weight excluding hydrogens is 328 g/mol. The van der Waals surface area contributed by atoms with Gasteiger partial charge in [0.2, 0.25) is 0 Å². The number of hydrogen-bond acceptors (Lipinski definition) is 4. The van der Waals surface area contributed by atoms with Crippen molar-refractivity contribution in [3.63, 3.8) is 0 Å². The van der Waals surface area contributed by atoms with Crippen molar-refractivity contribution >= 4 is 10.8 Å². The molecule has 4 heteroatoms. The van der Waals surface area contributed by atoms with Crippen LogP contribution in [-0.2, 0) is 0 Å². The van der Waals surface area contributed by atoms with Crippen LogP contribution >= 0.6 is 0 Å². The Morgan fingerprint density at radius 1 is 0.962 bits per heavy atom. The fraction of sp³-hybridized carbons (Fsp3) is 0.273. The average Bonchev–Trinajstić information content (AvgIpc) is 2.66. The number of fused-ring (bicyclic) bond motifs is 2. The zero-order valence-corrected chi connectivity index (χ0v) is 15.2. The van der Waals surface area contributed by atoms with Gasteiger partial charge in [-0.3, -0.25) is 0 Å². The molecule has 0 unspecified atom stereocenters. The molecule has 0 bridgehead atoms. The zero-order valence-electron chi connectivity index (χ0n) is 15.2. The van der Waals surface area contributed by atoms with E-state index in [0.29, 0.717) is 0 Å². The van der Waals surface area contributed by atoms with Crippen LogP contribution in [0.4, 0.5) is 0 Å². The summed E-state index contributed by atoms with van der Waals surface area (Å²) in [7, 11) is 3.33. The lowest BCUT2D eigenvalue weighted by molar-refractivity contribution is 0.181. The Kier molecular flexibility index (Phi) is 4.11. The summed E-state index contributed by atoms with van der Waals surface area (Å²) < 4.78 is 17.1. The Balaban J connectivity index is 1.99. The van der Waals surface area contributed by atoms with Crippen LogP contribution in [0.3, 0.4) is 0 Å². The van der Waals surface area contributed by atoms with E-state index in [0.717, 1.165) is 45.6 Å². The van der Waals surface area contributed by atoms with Crippen molar-refractivity contribution in [2.24, 2.45) is 0 Å². The molecule has 1 heterocycles. The van der Waals surface area contributed by atoms with Gasteiger partial charge in [-0.25, -0.2) is 0 Å². The number of phenols is 1. The summed E-state index contributed by atoms with van der Waals surface area (Å²) in [6.45, 7) is 2.06. The summed E-state index contributed by atoms with van der Waals surface area (Å²) in [4.78, 5) is 0. The molecule has 0 fully saturated rings. The fourth-order valence-electron chi connectivity index (χ4n) is 3.99. The highest BCUT2D eigenvalue weighted by molar-refractivity contribution is 5.96. The first kappa shape index (κ1) is 16.6. The maximum absolute atomic E-state index is 10.5. The van der Waals surface area contributed by atoms with Crippen molar-refractivity contribution in [1.29, 1.82) is 0 Å². The molecule has 2 atom stereocenters. The number of hydrogen-bond donors (Lipinski definition) is 1. The quantitative estimate of drug-likeness (QED) is 0.732. The van der Waals surface area contributed by atoms with E-state index in [1.165, 1.54) is 0 Å². The molecule has 0 amide bonds. The molecule has 0 saturated heterocycles. The molecular formula is C22H22O4. The number of methoxy groups -OCH3 is 2. The van der Waals surface area contributed by atoms with Crippen molar-refractivity contribution in [1.82, 2.24) is 0 Å². The monoisotopic (exact) mass is 350 g/mol. The van der Waals surface area contributed by atoms with E-state index in [9.17, 15) is 5.11 Å². The van der Waals surface area contributed by atoms with E-state index >= 15 is 0 Å². The predicted molar refractivity (Wildman–Crippen MR) is 102 cm³/mol. The Morgan fingerprint density at radius 2 is 1.69 bits per heavy atom. The second-order valence-corrected chi connectivity index (χ2v) is 6.65. The molecule has 0 aliphatic carbocycles. The Hall–Kier alpha value is -2.88. The van der Waals surface area contributed by atoms with Gasteiger partial charge in [-0.2, -0.15) is 0 Å². The summed E-state index contributed by atoms with van der Waals surface area (Å²) in [6, 6.07) is 15.5. The van der Waals surface area contributed by atoms with Crippen molar-refractivity contribution in [2.75, 3.05) is 14.2 Å². The highest BCUT2D eigenvalue weighted by atomic mass is 16.5. The van der Waals surface area contributed by atoms with Crippen molar-refractivity contribution < 1.29 is 19.3 Å². The number of ether oxygens (including phenoxy) is 3. The summed E-state index contributed by atoms with van der Waals surface area (Å²) in [5, 5.41) is 12.5. The van der Waals surface area contributed by atoms with Crippen LogP contribution in [0.5, 0.6) is 23.0 Å². The maximum Gasteiger partial charge on any atom is 0.130 e. The second kappa shape index (κ2) is 6.45. The number of rotatable bonds is 3. The van der Waals surface area contributed by atoms with Gasteiger partial charge in [0.1, 0.15) is 23.0 Å². The Bertz CT molecular complexity index is 954. The minimum absolute atomic E-state index is 0.0375. The molecule has 1 aliphatic heterocycles. The van der Waals surface area contributed by atoms with Gasteiger partial charge < -0.3 is 19.3 Å². The molecule has 1 aliphatic rings. The van der Waals surface area contributed by atoms with Gasteiger partial charge in [0, 0.05) is 11.5 Å². The second-order valence-electron chi connectivity index (χ2n) is 6.65. The van der Waals surface area contributed by atoms with Crippen LogP contribution in [-0.4, -0.2) is 25.4 Å². The number of benzene rings is 3. The van der Waals surface area contributed by atoms with Crippen molar-refractivity contribution in [3.8, 4) is 23.0 Å². The standard InChI is InChI=1S/C22H22O4/c1-13-12-16(21-17(23)7-5-9-20(21)26-13)14-10-11-19(25-3)22-15(14)6-4-8-18(22)24-2/h4-11,13,16,23H,12H2,1-3H3/t13-,16+/m1/s1. The number of aromatic hydroxyl groups is 1. The van der Waals surface area contributed by atoms with E-state index in [-0.39, 0.29) is 17.8 Å². The third kappa shape index (κ3) is 2.53. The summed E-state index contributed by atoms with van der Waals surface area (Å²) in [6.07, 6.45) is 0.862. The SMILES string of the molecule is COc1cccc2c([C@@H]3C[C@@H](C)Oc4cccc(O)c43)ccc(OC)c12. The lowest BCUT2D eigenvalue weighted by atomic mass is 9.81. The molecule has 26 heavy (non-hydrogen) atoms. The molecule has 0 saturated carbocycles. The molecule has 134 valence electrons. The summed E-state index contributed by atoms with van der Waals surface area (Å²) in [5.41, 5.74) is 1.98. The third-order valence-electron chi connectivity index (χ3n) is 5.10. The van der Waals surface area contributed by atoms with Crippen LogP contribution < -0.4 is 14.2 Å². The van der Waals surface area contributed by atoms with Gasteiger partial charge in [0.05, 0.1) is 25.7 Å². The normalized spacial score (nSPS) is 18.9. The van der Waals surface area contributed by atoms with Gasteiger partial charge in [-0.1, -0.05) is 24.3 Å². The largest absolute Gasteiger partial charge is 0.508 e. The zero-order chi connectivity index (χ0) is 18.3. The third-order valence-corrected chi connectivity index (χ3v) is 5.10. The van der Waals surface area contributed by atoms with Crippen LogP contribution in [0.25, 0.3) is 10.8 Å². The molecule has 0 spiro atoms. The predicted octanol–water partition coefficient (Wildman–Crippen LogP) is 4.87. The van der Waals surface area contributed by atoms with Gasteiger partial charge in [-0.15, -0.1) is 0 Å². The first-order chi connectivity index (χ1) is 12.6. The summed E-state index contributed by atoms with van der Waals surface area (Å²) >= 11 is 0. The lowest BCUT2D eigenvalue weighted by Gasteiger charge is -2.32. The molecule has 1 N–H and O–H groups in total. The highest BCUT2D eigenvalue weighted by Gasteiger charge is 2.31. The van der Waals surface area contributed by atoms with Crippen LogP contribution in [0.15, 0.2) is 48.5 Å². The molecule has 3 aromatic carbocycles. The van der Waals surface area contributed by atoms with Crippen molar-refractivity contribution in [3.05, 3.63) is 59.7 Å². The van der Waals surface area contributed by atoms with E-state index < -0.39 is 0 Å². The average molecular weight is 350 g/mol. The van der Waals surface area contributed by atoms with E-state index in [4.69, 9.17) is 14.2 Å². The first-order valence-electron chi connectivity index (χ1n) is 8.76.